The van der Waals surface area contributed by atoms with Crippen LogP contribution < -0.4 is 10.1 Å². The second kappa shape index (κ2) is 10.9. The SMILES string of the molecule is COc1ccc(CNC(=O)N(C)CC2CCN(CC(=O)c3ccc(F)cc3)CC2)cn1. The summed E-state index contributed by atoms with van der Waals surface area (Å²) in [5.41, 5.74) is 1.44. The number of Topliss-reactive ketones (excluding diaryl/α,β-unsaturated/α-hetero) is 1. The average Bonchev–Trinajstić information content (AvgIpc) is 2.79. The van der Waals surface area contributed by atoms with E-state index in [-0.39, 0.29) is 17.6 Å². The summed E-state index contributed by atoms with van der Waals surface area (Å²) in [4.78, 5) is 32.7. The molecule has 7 nitrogen and oxygen atoms in total. The van der Waals surface area contributed by atoms with Crippen molar-refractivity contribution < 1.29 is 18.7 Å². The number of aromatic nitrogens is 1. The molecule has 0 radical (unpaired) electrons. The largest absolute Gasteiger partial charge is 0.481 e. The van der Waals surface area contributed by atoms with E-state index in [1.807, 2.05) is 6.07 Å². The number of pyridine rings is 1. The van der Waals surface area contributed by atoms with Crippen LogP contribution in [0.4, 0.5) is 9.18 Å². The first kappa shape index (κ1) is 22.7. The number of amides is 2. The van der Waals surface area contributed by atoms with Crippen LogP contribution in [0.5, 0.6) is 5.88 Å². The normalized spacial score (nSPS) is 14.8. The van der Waals surface area contributed by atoms with Gasteiger partial charge in [0.1, 0.15) is 5.82 Å². The fourth-order valence-corrected chi connectivity index (χ4v) is 3.68. The van der Waals surface area contributed by atoms with E-state index >= 15 is 0 Å². The van der Waals surface area contributed by atoms with Gasteiger partial charge in [-0.1, -0.05) is 6.07 Å². The quantitative estimate of drug-likeness (QED) is 0.655. The molecule has 8 heteroatoms. The van der Waals surface area contributed by atoms with Crippen molar-refractivity contribution in [3.8, 4) is 5.88 Å². The summed E-state index contributed by atoms with van der Waals surface area (Å²) in [7, 11) is 3.36. The highest BCUT2D eigenvalue weighted by molar-refractivity contribution is 5.97. The Labute approximate surface area is 182 Å². The molecule has 0 spiro atoms. The van der Waals surface area contributed by atoms with Gasteiger partial charge in [0.15, 0.2) is 5.78 Å². The monoisotopic (exact) mass is 428 g/mol. The third-order valence-corrected chi connectivity index (χ3v) is 5.57. The van der Waals surface area contributed by atoms with Crippen LogP contribution in [0.25, 0.3) is 0 Å². The summed E-state index contributed by atoms with van der Waals surface area (Å²) in [6, 6.07) is 9.19. The highest BCUT2D eigenvalue weighted by Gasteiger charge is 2.23. The molecular weight excluding hydrogens is 399 g/mol. The number of hydrogen-bond donors (Lipinski definition) is 1. The number of ether oxygens (including phenoxy) is 1. The zero-order chi connectivity index (χ0) is 22.2. The number of nitrogens with zero attached hydrogens (tertiary/aromatic N) is 3. The van der Waals surface area contributed by atoms with Gasteiger partial charge < -0.3 is 15.0 Å². The summed E-state index contributed by atoms with van der Waals surface area (Å²) >= 11 is 0. The lowest BCUT2D eigenvalue weighted by Crippen LogP contribution is -2.43. The van der Waals surface area contributed by atoms with E-state index in [0.717, 1.165) is 31.5 Å². The second-order valence-corrected chi connectivity index (χ2v) is 7.90. The number of piperidine rings is 1. The number of likely N-dealkylation sites (tertiary alicyclic amines) is 1. The Balaban J connectivity index is 1.37. The van der Waals surface area contributed by atoms with Crippen molar-refractivity contribution in [3.05, 3.63) is 59.5 Å². The van der Waals surface area contributed by atoms with Crippen LogP contribution in [0.15, 0.2) is 42.6 Å². The van der Waals surface area contributed by atoms with Crippen LogP contribution >= 0.6 is 0 Å². The fraction of sp³-hybridized carbons (Fsp3) is 0.435. The molecule has 3 rings (SSSR count). The van der Waals surface area contributed by atoms with E-state index in [4.69, 9.17) is 4.74 Å². The van der Waals surface area contributed by atoms with Crippen molar-refractivity contribution in [1.29, 1.82) is 0 Å². The number of carbonyl (C=O) groups excluding carboxylic acids is 2. The van der Waals surface area contributed by atoms with Gasteiger partial charge in [-0.3, -0.25) is 9.69 Å². The summed E-state index contributed by atoms with van der Waals surface area (Å²) in [5.74, 6) is 0.600. The van der Waals surface area contributed by atoms with Crippen molar-refractivity contribution in [3.63, 3.8) is 0 Å². The zero-order valence-corrected chi connectivity index (χ0v) is 18.0. The Morgan fingerprint density at radius 3 is 2.52 bits per heavy atom. The maximum atomic E-state index is 13.0. The van der Waals surface area contributed by atoms with Crippen LogP contribution in [0.1, 0.15) is 28.8 Å². The highest BCUT2D eigenvalue weighted by Crippen LogP contribution is 2.19. The van der Waals surface area contributed by atoms with E-state index in [1.165, 1.54) is 24.3 Å². The lowest BCUT2D eigenvalue weighted by atomic mass is 9.96. The van der Waals surface area contributed by atoms with Crippen molar-refractivity contribution in [1.82, 2.24) is 20.1 Å². The molecule has 1 aromatic carbocycles. The minimum atomic E-state index is -0.341. The standard InChI is InChI=1S/C23H29FN4O3/c1-27(23(30)26-14-18-3-8-22(31-2)25-13-18)15-17-9-11-28(12-10-17)16-21(29)19-4-6-20(24)7-5-19/h3-8,13,17H,9-12,14-16H2,1-2H3,(H,26,30). The molecule has 2 heterocycles. The van der Waals surface area contributed by atoms with Gasteiger partial charge in [-0.25, -0.2) is 14.2 Å². The second-order valence-electron chi connectivity index (χ2n) is 7.90. The number of carbonyl (C=O) groups is 2. The first-order chi connectivity index (χ1) is 14.9. The third kappa shape index (κ3) is 6.75. The van der Waals surface area contributed by atoms with Crippen LogP contribution in [-0.2, 0) is 6.54 Å². The molecule has 1 aliphatic rings. The van der Waals surface area contributed by atoms with E-state index in [1.54, 1.807) is 31.3 Å². The molecule has 31 heavy (non-hydrogen) atoms. The molecule has 1 fully saturated rings. The molecular formula is C23H29FN4O3. The Hall–Kier alpha value is -3.00. The number of urea groups is 1. The Morgan fingerprint density at radius 1 is 1.19 bits per heavy atom. The molecule has 0 atom stereocenters. The van der Waals surface area contributed by atoms with Crippen LogP contribution in [0.2, 0.25) is 0 Å². The number of halogens is 1. The van der Waals surface area contributed by atoms with Gasteiger partial charge in [-0.2, -0.15) is 0 Å². The topological polar surface area (TPSA) is 74.8 Å². The molecule has 2 amide bonds. The predicted octanol–water partition coefficient (Wildman–Crippen LogP) is 2.97. The summed E-state index contributed by atoms with van der Waals surface area (Å²) < 4.78 is 18.0. The van der Waals surface area contributed by atoms with Crippen LogP contribution in [0, 0.1) is 11.7 Å². The molecule has 0 aliphatic carbocycles. The summed E-state index contributed by atoms with van der Waals surface area (Å²) in [6.45, 7) is 3.04. The first-order valence-electron chi connectivity index (χ1n) is 10.4. The fourth-order valence-electron chi connectivity index (χ4n) is 3.68. The Morgan fingerprint density at radius 2 is 1.90 bits per heavy atom. The van der Waals surface area contributed by atoms with Crippen LogP contribution in [-0.4, -0.2) is 66.9 Å². The molecule has 2 aromatic rings. The maximum Gasteiger partial charge on any atom is 0.317 e. The zero-order valence-electron chi connectivity index (χ0n) is 18.0. The van der Waals surface area contributed by atoms with Gasteiger partial charge in [0.2, 0.25) is 5.88 Å². The molecule has 1 N–H and O–H groups in total. The molecule has 0 saturated carbocycles. The number of rotatable bonds is 8. The summed E-state index contributed by atoms with van der Waals surface area (Å²) in [6.07, 6.45) is 3.54. The van der Waals surface area contributed by atoms with Gasteiger partial charge in [-0.05, 0) is 61.7 Å². The first-order valence-corrected chi connectivity index (χ1v) is 10.4. The average molecular weight is 429 g/mol. The number of hydrogen-bond acceptors (Lipinski definition) is 5. The minimum Gasteiger partial charge on any atom is -0.481 e. The number of nitrogens with one attached hydrogen (secondary N) is 1. The van der Waals surface area contributed by atoms with Gasteiger partial charge >= 0.3 is 6.03 Å². The Bertz CT molecular complexity index is 865. The van der Waals surface area contributed by atoms with Crippen molar-refractivity contribution in [2.24, 2.45) is 5.92 Å². The highest BCUT2D eigenvalue weighted by atomic mass is 19.1. The van der Waals surface area contributed by atoms with Gasteiger partial charge in [0.05, 0.1) is 13.7 Å². The van der Waals surface area contributed by atoms with Crippen molar-refractivity contribution >= 4 is 11.8 Å². The van der Waals surface area contributed by atoms with E-state index in [9.17, 15) is 14.0 Å². The number of benzene rings is 1. The molecule has 0 unspecified atom stereocenters. The van der Waals surface area contributed by atoms with Crippen molar-refractivity contribution in [2.45, 2.75) is 19.4 Å². The summed E-state index contributed by atoms with van der Waals surface area (Å²) in [5, 5.41) is 2.91. The van der Waals surface area contributed by atoms with E-state index in [0.29, 0.717) is 37.0 Å². The number of methoxy groups -OCH3 is 1. The lowest BCUT2D eigenvalue weighted by Gasteiger charge is -2.33. The molecule has 1 aromatic heterocycles. The predicted molar refractivity (Wildman–Crippen MR) is 116 cm³/mol. The van der Waals surface area contributed by atoms with Gasteiger partial charge in [0.25, 0.3) is 0 Å². The Kier molecular flexibility index (Phi) is 7.94. The number of ketones is 1. The van der Waals surface area contributed by atoms with E-state index < -0.39 is 0 Å². The molecule has 1 aliphatic heterocycles. The van der Waals surface area contributed by atoms with E-state index in [2.05, 4.69) is 15.2 Å². The van der Waals surface area contributed by atoms with Gasteiger partial charge in [-0.15, -0.1) is 0 Å². The smallest absolute Gasteiger partial charge is 0.317 e. The minimum absolute atomic E-state index is 0.00275. The van der Waals surface area contributed by atoms with Crippen LogP contribution in [0.3, 0.4) is 0 Å². The molecule has 0 bridgehead atoms. The third-order valence-electron chi connectivity index (χ3n) is 5.57. The molecule has 1 saturated heterocycles. The maximum absolute atomic E-state index is 13.0. The van der Waals surface area contributed by atoms with Gasteiger partial charge in [0, 0.05) is 38.0 Å². The van der Waals surface area contributed by atoms with Crippen molar-refractivity contribution in [2.75, 3.05) is 40.3 Å². The molecule has 166 valence electrons. The lowest BCUT2D eigenvalue weighted by molar-refractivity contribution is 0.0886.